The first-order chi connectivity index (χ1) is 6.68. The summed E-state index contributed by atoms with van der Waals surface area (Å²) in [5.41, 5.74) is 1.86. The molecule has 0 N–H and O–H groups in total. The minimum Gasteiger partial charge on any atom is -0.331 e. The highest BCUT2D eigenvalue weighted by Gasteiger charge is 2.26. The Labute approximate surface area is 83.0 Å². The zero-order valence-corrected chi connectivity index (χ0v) is 8.40. The van der Waals surface area contributed by atoms with Crippen LogP contribution < -0.4 is 0 Å². The van der Waals surface area contributed by atoms with Crippen LogP contribution >= 0.6 is 0 Å². The topological polar surface area (TPSA) is 46.1 Å². The van der Waals surface area contributed by atoms with E-state index in [0.717, 1.165) is 11.4 Å². The van der Waals surface area contributed by atoms with Gasteiger partial charge in [0.25, 0.3) is 0 Å². The van der Waals surface area contributed by atoms with Crippen molar-refractivity contribution in [1.29, 1.82) is 0 Å². The second-order valence-electron chi connectivity index (χ2n) is 3.80. The fraction of sp³-hybridized carbons (Fsp3) is 0.500. The number of amides is 1. The molecule has 0 fully saturated rings. The molecule has 4 nitrogen and oxygen atoms in total. The van der Waals surface area contributed by atoms with E-state index in [1.165, 1.54) is 0 Å². The summed E-state index contributed by atoms with van der Waals surface area (Å²) in [5, 5.41) is 0. The SMILES string of the molecule is CC(C)C(=O)N1Cc2nccnc2C1. The number of rotatable bonds is 1. The molecule has 4 heteroatoms. The van der Waals surface area contributed by atoms with Crippen molar-refractivity contribution in [2.75, 3.05) is 0 Å². The molecule has 1 aromatic rings. The van der Waals surface area contributed by atoms with Crippen LogP contribution in [-0.2, 0) is 17.9 Å². The summed E-state index contributed by atoms with van der Waals surface area (Å²) in [5.74, 6) is 0.217. The molecule has 0 aromatic carbocycles. The molecule has 1 aliphatic rings. The Kier molecular flexibility index (Phi) is 2.19. The summed E-state index contributed by atoms with van der Waals surface area (Å²) in [6, 6.07) is 0. The summed E-state index contributed by atoms with van der Waals surface area (Å²) in [7, 11) is 0. The van der Waals surface area contributed by atoms with Gasteiger partial charge in [-0.3, -0.25) is 14.8 Å². The molecule has 0 radical (unpaired) electrons. The van der Waals surface area contributed by atoms with Crippen LogP contribution in [0.5, 0.6) is 0 Å². The van der Waals surface area contributed by atoms with Crippen molar-refractivity contribution >= 4 is 5.91 Å². The molecule has 1 aromatic heterocycles. The van der Waals surface area contributed by atoms with Crippen LogP contribution in [0.25, 0.3) is 0 Å². The van der Waals surface area contributed by atoms with Crippen molar-refractivity contribution in [2.24, 2.45) is 5.92 Å². The highest BCUT2D eigenvalue weighted by atomic mass is 16.2. The van der Waals surface area contributed by atoms with Crippen LogP contribution in [0.4, 0.5) is 0 Å². The first-order valence-corrected chi connectivity index (χ1v) is 4.76. The average Bonchev–Trinajstić information content (AvgIpc) is 2.59. The largest absolute Gasteiger partial charge is 0.331 e. The van der Waals surface area contributed by atoms with Gasteiger partial charge in [-0.1, -0.05) is 13.8 Å². The third-order valence-corrected chi connectivity index (χ3v) is 2.35. The van der Waals surface area contributed by atoms with Gasteiger partial charge in [-0.2, -0.15) is 0 Å². The van der Waals surface area contributed by atoms with Gasteiger partial charge < -0.3 is 4.90 Å². The molecule has 2 heterocycles. The predicted molar refractivity (Wildman–Crippen MR) is 51.1 cm³/mol. The van der Waals surface area contributed by atoms with Crippen LogP contribution in [0.15, 0.2) is 12.4 Å². The van der Waals surface area contributed by atoms with Crippen molar-refractivity contribution in [3.05, 3.63) is 23.8 Å². The smallest absolute Gasteiger partial charge is 0.225 e. The summed E-state index contributed by atoms with van der Waals surface area (Å²) in [6.45, 7) is 5.04. The number of hydrogen-bond acceptors (Lipinski definition) is 3. The van der Waals surface area contributed by atoms with Crippen molar-refractivity contribution < 1.29 is 4.79 Å². The van der Waals surface area contributed by atoms with E-state index in [9.17, 15) is 4.79 Å². The van der Waals surface area contributed by atoms with Crippen molar-refractivity contribution in [3.8, 4) is 0 Å². The molecule has 1 amide bonds. The maximum Gasteiger partial charge on any atom is 0.225 e. The Bertz CT molecular complexity index is 337. The molecule has 74 valence electrons. The molecule has 14 heavy (non-hydrogen) atoms. The van der Waals surface area contributed by atoms with Crippen molar-refractivity contribution in [2.45, 2.75) is 26.9 Å². The summed E-state index contributed by atoms with van der Waals surface area (Å²) in [4.78, 5) is 21.9. The predicted octanol–water partition coefficient (Wildman–Crippen LogP) is 0.975. The fourth-order valence-corrected chi connectivity index (χ4v) is 1.60. The second-order valence-corrected chi connectivity index (χ2v) is 3.80. The molecule has 1 aliphatic heterocycles. The molecular formula is C10H13N3O. The fourth-order valence-electron chi connectivity index (χ4n) is 1.60. The molecular weight excluding hydrogens is 178 g/mol. The minimum atomic E-state index is 0.0457. The van der Waals surface area contributed by atoms with Gasteiger partial charge >= 0.3 is 0 Å². The normalized spacial score (nSPS) is 14.6. The summed E-state index contributed by atoms with van der Waals surface area (Å²) >= 11 is 0. The number of aromatic nitrogens is 2. The van der Waals surface area contributed by atoms with Gasteiger partial charge in [0.15, 0.2) is 0 Å². The quantitative estimate of drug-likeness (QED) is 0.664. The van der Waals surface area contributed by atoms with Gasteiger partial charge in [0, 0.05) is 18.3 Å². The van der Waals surface area contributed by atoms with E-state index in [2.05, 4.69) is 9.97 Å². The maximum atomic E-state index is 11.7. The maximum absolute atomic E-state index is 11.7. The van der Waals surface area contributed by atoms with Gasteiger partial charge in [0.05, 0.1) is 24.5 Å². The Morgan fingerprint density at radius 3 is 2.21 bits per heavy atom. The van der Waals surface area contributed by atoms with E-state index in [1.54, 1.807) is 17.3 Å². The van der Waals surface area contributed by atoms with Gasteiger partial charge in [0.2, 0.25) is 5.91 Å². The lowest BCUT2D eigenvalue weighted by molar-refractivity contribution is -0.135. The van der Waals surface area contributed by atoms with Crippen molar-refractivity contribution in [3.63, 3.8) is 0 Å². The average molecular weight is 191 g/mol. The number of carbonyl (C=O) groups is 1. The zero-order chi connectivity index (χ0) is 10.1. The molecule has 0 saturated carbocycles. The lowest BCUT2D eigenvalue weighted by atomic mass is 10.2. The Morgan fingerprint density at radius 2 is 1.79 bits per heavy atom. The van der Waals surface area contributed by atoms with E-state index < -0.39 is 0 Å². The van der Waals surface area contributed by atoms with E-state index in [0.29, 0.717) is 13.1 Å². The lowest BCUT2D eigenvalue weighted by Crippen LogP contribution is -2.29. The monoisotopic (exact) mass is 191 g/mol. The van der Waals surface area contributed by atoms with Crippen molar-refractivity contribution in [1.82, 2.24) is 14.9 Å². The van der Waals surface area contributed by atoms with E-state index in [4.69, 9.17) is 0 Å². The third kappa shape index (κ3) is 1.47. The van der Waals surface area contributed by atoms with Gasteiger partial charge in [0.1, 0.15) is 0 Å². The summed E-state index contributed by atoms with van der Waals surface area (Å²) < 4.78 is 0. The van der Waals surface area contributed by atoms with Crippen LogP contribution in [0, 0.1) is 5.92 Å². The van der Waals surface area contributed by atoms with E-state index >= 15 is 0 Å². The van der Waals surface area contributed by atoms with Gasteiger partial charge in [-0.25, -0.2) is 0 Å². The number of nitrogens with zero attached hydrogens (tertiary/aromatic N) is 3. The van der Waals surface area contributed by atoms with Gasteiger partial charge in [-0.05, 0) is 0 Å². The third-order valence-electron chi connectivity index (χ3n) is 2.35. The Hall–Kier alpha value is -1.45. The molecule has 0 unspecified atom stereocenters. The first kappa shape index (κ1) is 9.12. The molecule has 0 saturated heterocycles. The Balaban J connectivity index is 2.16. The molecule has 0 aliphatic carbocycles. The second kappa shape index (κ2) is 3.36. The van der Waals surface area contributed by atoms with Crippen LogP contribution in [0.1, 0.15) is 25.2 Å². The highest BCUT2D eigenvalue weighted by Crippen LogP contribution is 2.19. The Morgan fingerprint density at radius 1 is 1.29 bits per heavy atom. The number of fused-ring (bicyclic) bond motifs is 1. The minimum absolute atomic E-state index is 0.0457. The molecule has 0 spiro atoms. The molecule has 2 rings (SSSR count). The number of carbonyl (C=O) groups excluding carboxylic acids is 1. The van der Waals surface area contributed by atoms with Crippen LogP contribution in [-0.4, -0.2) is 20.8 Å². The molecule has 0 atom stereocenters. The van der Waals surface area contributed by atoms with Gasteiger partial charge in [-0.15, -0.1) is 0 Å². The van der Waals surface area contributed by atoms with Crippen LogP contribution in [0.2, 0.25) is 0 Å². The van der Waals surface area contributed by atoms with Crippen LogP contribution in [0.3, 0.4) is 0 Å². The van der Waals surface area contributed by atoms with E-state index in [1.807, 2.05) is 13.8 Å². The summed E-state index contributed by atoms with van der Waals surface area (Å²) in [6.07, 6.45) is 3.34. The highest BCUT2D eigenvalue weighted by molar-refractivity contribution is 5.78. The zero-order valence-electron chi connectivity index (χ0n) is 8.40. The van der Waals surface area contributed by atoms with E-state index in [-0.39, 0.29) is 11.8 Å². The first-order valence-electron chi connectivity index (χ1n) is 4.76. The standard InChI is InChI=1S/C10H13N3O/c1-7(2)10(14)13-5-8-9(6-13)12-4-3-11-8/h3-4,7H,5-6H2,1-2H3. The number of hydrogen-bond donors (Lipinski definition) is 0. The lowest BCUT2D eigenvalue weighted by Gasteiger charge is -2.16. The molecule has 0 bridgehead atoms.